The average molecular weight is 263 g/mol. The molecule has 0 unspecified atom stereocenters. The van der Waals surface area contributed by atoms with Crippen molar-refractivity contribution in [2.45, 2.75) is 19.4 Å². The maximum Gasteiger partial charge on any atom is 0.407 e. The molecule has 1 heterocycles. The Hall–Kier alpha value is -2.04. The second-order valence-electron chi connectivity index (χ2n) is 4.40. The predicted molar refractivity (Wildman–Crippen MR) is 68.5 cm³/mol. The molecule has 19 heavy (non-hydrogen) atoms. The van der Waals surface area contributed by atoms with Crippen molar-refractivity contribution in [1.82, 2.24) is 5.32 Å². The molecule has 102 valence electrons. The van der Waals surface area contributed by atoms with Crippen molar-refractivity contribution < 1.29 is 19.1 Å². The van der Waals surface area contributed by atoms with Gasteiger partial charge in [0.05, 0.1) is 18.6 Å². The van der Waals surface area contributed by atoms with E-state index in [-0.39, 0.29) is 18.6 Å². The summed E-state index contributed by atoms with van der Waals surface area (Å²) >= 11 is 0. The summed E-state index contributed by atoms with van der Waals surface area (Å²) in [4.78, 5) is 23.1. The summed E-state index contributed by atoms with van der Waals surface area (Å²) < 4.78 is 9.93. The van der Waals surface area contributed by atoms with Gasteiger partial charge in [-0.2, -0.15) is 0 Å². The summed E-state index contributed by atoms with van der Waals surface area (Å²) in [5.74, 6) is -0.726. The van der Waals surface area contributed by atoms with E-state index >= 15 is 0 Å². The molecule has 5 nitrogen and oxygen atoms in total. The van der Waals surface area contributed by atoms with E-state index in [0.29, 0.717) is 13.0 Å². The first-order chi connectivity index (χ1) is 9.20. The number of rotatable bonds is 5. The van der Waals surface area contributed by atoms with E-state index in [4.69, 9.17) is 9.47 Å². The molecule has 0 spiro atoms. The highest BCUT2D eigenvalue weighted by Crippen LogP contribution is 2.18. The van der Waals surface area contributed by atoms with Gasteiger partial charge in [-0.05, 0) is 18.9 Å². The Morgan fingerprint density at radius 1 is 1.47 bits per heavy atom. The van der Waals surface area contributed by atoms with Gasteiger partial charge >= 0.3 is 12.1 Å². The quantitative estimate of drug-likeness (QED) is 0.818. The van der Waals surface area contributed by atoms with Gasteiger partial charge in [-0.1, -0.05) is 30.3 Å². The molecule has 5 heteroatoms. The van der Waals surface area contributed by atoms with Crippen molar-refractivity contribution in [3.63, 3.8) is 0 Å². The number of esters is 1. The van der Waals surface area contributed by atoms with Crippen LogP contribution in [0, 0.1) is 5.92 Å². The molecule has 2 rings (SSSR count). The number of carbonyl (C=O) groups is 2. The van der Waals surface area contributed by atoms with Crippen LogP contribution in [0.1, 0.15) is 12.5 Å². The van der Waals surface area contributed by atoms with Gasteiger partial charge in [0.1, 0.15) is 6.61 Å². The first-order valence-corrected chi connectivity index (χ1v) is 6.34. The van der Waals surface area contributed by atoms with Gasteiger partial charge in [0, 0.05) is 0 Å². The lowest BCUT2D eigenvalue weighted by Gasteiger charge is -2.20. The smallest absolute Gasteiger partial charge is 0.407 e. The minimum atomic E-state index is -0.479. The topological polar surface area (TPSA) is 64.6 Å². The zero-order chi connectivity index (χ0) is 13.7. The third-order valence-electron chi connectivity index (χ3n) is 3.07. The van der Waals surface area contributed by atoms with E-state index in [1.165, 1.54) is 0 Å². The molecule has 0 aromatic heterocycles. The number of ether oxygens (including phenoxy) is 2. The second-order valence-corrected chi connectivity index (χ2v) is 4.40. The lowest BCUT2D eigenvalue weighted by atomic mass is 9.93. The zero-order valence-corrected chi connectivity index (χ0v) is 10.8. The Morgan fingerprint density at radius 3 is 2.79 bits per heavy atom. The number of benzene rings is 1. The Kier molecular flexibility index (Phi) is 4.39. The van der Waals surface area contributed by atoms with Crippen molar-refractivity contribution in [2.75, 3.05) is 13.2 Å². The van der Waals surface area contributed by atoms with Crippen LogP contribution >= 0.6 is 0 Å². The maximum atomic E-state index is 12.0. The van der Waals surface area contributed by atoms with Gasteiger partial charge < -0.3 is 14.8 Å². The number of cyclic esters (lactones) is 1. The zero-order valence-electron chi connectivity index (χ0n) is 10.8. The molecule has 1 N–H and O–H groups in total. The Labute approximate surface area is 111 Å². The Balaban J connectivity index is 2.10. The number of alkyl carbamates (subject to hydrolysis) is 1. The van der Waals surface area contributed by atoms with Crippen LogP contribution in [0.15, 0.2) is 30.3 Å². The highest BCUT2D eigenvalue weighted by atomic mass is 16.6. The molecule has 0 aliphatic carbocycles. The van der Waals surface area contributed by atoms with E-state index in [2.05, 4.69) is 5.32 Å². The Bertz CT molecular complexity index is 446. The normalized spacial score (nSPS) is 19.4. The van der Waals surface area contributed by atoms with Crippen LogP contribution in [0.25, 0.3) is 0 Å². The fraction of sp³-hybridized carbons (Fsp3) is 0.429. The third-order valence-corrected chi connectivity index (χ3v) is 3.07. The molecule has 1 aliphatic rings. The van der Waals surface area contributed by atoms with E-state index in [9.17, 15) is 9.59 Å². The molecular weight excluding hydrogens is 246 g/mol. The summed E-state index contributed by atoms with van der Waals surface area (Å²) in [6, 6.07) is 9.33. The summed E-state index contributed by atoms with van der Waals surface area (Å²) in [6.45, 7) is 2.29. The van der Waals surface area contributed by atoms with Gasteiger partial charge in [-0.15, -0.1) is 0 Å². The number of nitrogens with one attached hydrogen (secondary N) is 1. The molecule has 1 saturated heterocycles. The van der Waals surface area contributed by atoms with Crippen LogP contribution in [0.3, 0.4) is 0 Å². The van der Waals surface area contributed by atoms with E-state index < -0.39 is 12.0 Å². The number of amides is 1. The lowest BCUT2D eigenvalue weighted by Crippen LogP contribution is -2.40. The molecule has 0 saturated carbocycles. The standard InChI is InChI=1S/C14H17NO4/c1-2-18-13(16)11(12-9-19-14(17)15-12)8-10-6-4-3-5-7-10/h3-7,11-12H,2,8-9H2,1H3,(H,15,17)/t11-,12+/m0/s1. The summed E-state index contributed by atoms with van der Waals surface area (Å²) in [6.07, 6.45) is 0.0425. The lowest BCUT2D eigenvalue weighted by molar-refractivity contribution is -0.149. The highest BCUT2D eigenvalue weighted by molar-refractivity contribution is 5.77. The average Bonchev–Trinajstić information content (AvgIpc) is 2.84. The fourth-order valence-corrected chi connectivity index (χ4v) is 2.12. The molecule has 1 aromatic carbocycles. The summed E-state index contributed by atoms with van der Waals surface area (Å²) in [5.41, 5.74) is 1.03. The van der Waals surface area contributed by atoms with Crippen LogP contribution in [0.4, 0.5) is 4.79 Å². The molecular formula is C14H17NO4. The third kappa shape index (κ3) is 3.47. The van der Waals surface area contributed by atoms with E-state index in [1.54, 1.807) is 6.92 Å². The van der Waals surface area contributed by atoms with Gasteiger partial charge in [0.15, 0.2) is 0 Å². The van der Waals surface area contributed by atoms with E-state index in [1.807, 2.05) is 30.3 Å². The van der Waals surface area contributed by atoms with Crippen LogP contribution in [0.2, 0.25) is 0 Å². The minimum Gasteiger partial charge on any atom is -0.466 e. The molecule has 1 fully saturated rings. The van der Waals surface area contributed by atoms with Crippen LogP contribution in [0.5, 0.6) is 0 Å². The summed E-state index contributed by atoms with van der Waals surface area (Å²) in [7, 11) is 0. The van der Waals surface area contributed by atoms with Crippen molar-refractivity contribution >= 4 is 12.1 Å². The first kappa shape index (κ1) is 13.4. The van der Waals surface area contributed by atoms with E-state index in [0.717, 1.165) is 5.56 Å². The van der Waals surface area contributed by atoms with Gasteiger partial charge in [0.2, 0.25) is 0 Å². The SMILES string of the molecule is CCOC(=O)[C@@H](Cc1ccccc1)[C@H]1COC(=O)N1. The maximum absolute atomic E-state index is 12.0. The van der Waals surface area contributed by atoms with Gasteiger partial charge in [0.25, 0.3) is 0 Å². The first-order valence-electron chi connectivity index (χ1n) is 6.34. The van der Waals surface area contributed by atoms with Crippen molar-refractivity contribution in [3.8, 4) is 0 Å². The molecule has 1 aromatic rings. The monoisotopic (exact) mass is 263 g/mol. The van der Waals surface area contributed by atoms with Crippen molar-refractivity contribution in [2.24, 2.45) is 5.92 Å². The molecule has 0 radical (unpaired) electrons. The van der Waals surface area contributed by atoms with Crippen LogP contribution in [-0.4, -0.2) is 31.3 Å². The van der Waals surface area contributed by atoms with Gasteiger partial charge in [-0.3, -0.25) is 4.79 Å². The minimum absolute atomic E-state index is 0.204. The predicted octanol–water partition coefficient (Wildman–Crippen LogP) is 1.52. The van der Waals surface area contributed by atoms with Crippen molar-refractivity contribution in [1.29, 1.82) is 0 Å². The second kappa shape index (κ2) is 6.22. The number of carbonyl (C=O) groups excluding carboxylic acids is 2. The molecule has 2 atom stereocenters. The number of hydrogen-bond acceptors (Lipinski definition) is 4. The van der Waals surface area contributed by atoms with Crippen LogP contribution in [-0.2, 0) is 20.7 Å². The highest BCUT2D eigenvalue weighted by Gasteiger charge is 2.35. The Morgan fingerprint density at radius 2 is 2.21 bits per heavy atom. The number of hydrogen-bond donors (Lipinski definition) is 1. The van der Waals surface area contributed by atoms with Crippen molar-refractivity contribution in [3.05, 3.63) is 35.9 Å². The van der Waals surface area contributed by atoms with Crippen LogP contribution < -0.4 is 5.32 Å². The summed E-state index contributed by atoms with van der Waals surface area (Å²) in [5, 5.41) is 2.65. The molecule has 0 bridgehead atoms. The largest absolute Gasteiger partial charge is 0.466 e. The molecule has 1 aliphatic heterocycles. The fourth-order valence-electron chi connectivity index (χ4n) is 2.12. The van der Waals surface area contributed by atoms with Gasteiger partial charge in [-0.25, -0.2) is 4.79 Å². The molecule has 1 amide bonds.